The summed E-state index contributed by atoms with van der Waals surface area (Å²) in [4.78, 5) is 23.4. The number of rotatable bonds is 7. The Balaban J connectivity index is 1.92. The number of hydrogen-bond donors (Lipinski definition) is 1. The summed E-state index contributed by atoms with van der Waals surface area (Å²) in [6.07, 6.45) is 7.05. The molecule has 1 amide bonds. The van der Waals surface area contributed by atoms with Gasteiger partial charge in [0, 0.05) is 42.8 Å². The number of hydrogen-bond acceptors (Lipinski definition) is 5. The van der Waals surface area contributed by atoms with Gasteiger partial charge < -0.3 is 5.73 Å². The molecule has 2 N–H and O–H groups in total. The number of thiophene rings is 1. The molecule has 3 heterocycles. The van der Waals surface area contributed by atoms with Gasteiger partial charge in [0.25, 0.3) is 0 Å². The minimum absolute atomic E-state index is 0.351. The molecular formula is C18H18N4OS. The number of amides is 1. The second kappa shape index (κ2) is 7.81. The fourth-order valence-electron chi connectivity index (χ4n) is 2.63. The van der Waals surface area contributed by atoms with Crippen LogP contribution >= 0.6 is 11.3 Å². The fourth-order valence-corrected chi connectivity index (χ4v) is 3.50. The maximum atomic E-state index is 12.2. The summed E-state index contributed by atoms with van der Waals surface area (Å²) < 4.78 is 0. The van der Waals surface area contributed by atoms with E-state index in [4.69, 9.17) is 5.73 Å². The van der Waals surface area contributed by atoms with E-state index < -0.39 is 6.04 Å². The van der Waals surface area contributed by atoms with Gasteiger partial charge in [-0.1, -0.05) is 12.1 Å². The van der Waals surface area contributed by atoms with E-state index >= 15 is 0 Å². The Morgan fingerprint density at radius 3 is 2.46 bits per heavy atom. The summed E-state index contributed by atoms with van der Waals surface area (Å²) in [5, 5.41) is 1.96. The van der Waals surface area contributed by atoms with Crippen LogP contribution in [0.5, 0.6) is 0 Å². The van der Waals surface area contributed by atoms with Gasteiger partial charge in [0.05, 0.1) is 0 Å². The van der Waals surface area contributed by atoms with Crippen LogP contribution in [0.3, 0.4) is 0 Å². The highest BCUT2D eigenvalue weighted by Crippen LogP contribution is 2.28. The molecule has 1 unspecified atom stereocenters. The third kappa shape index (κ3) is 4.04. The third-order valence-electron chi connectivity index (χ3n) is 3.69. The van der Waals surface area contributed by atoms with Gasteiger partial charge in [-0.25, -0.2) is 0 Å². The minimum Gasteiger partial charge on any atom is -0.368 e. The highest BCUT2D eigenvalue weighted by molar-refractivity contribution is 7.10. The average molecular weight is 338 g/mol. The van der Waals surface area contributed by atoms with Gasteiger partial charge >= 0.3 is 0 Å². The summed E-state index contributed by atoms with van der Waals surface area (Å²) in [5.41, 5.74) is 7.85. The lowest BCUT2D eigenvalue weighted by atomic mass is 10.1. The van der Waals surface area contributed by atoms with Crippen molar-refractivity contribution in [2.24, 2.45) is 5.73 Å². The van der Waals surface area contributed by atoms with E-state index in [-0.39, 0.29) is 5.91 Å². The Hall–Kier alpha value is -2.57. The van der Waals surface area contributed by atoms with E-state index in [2.05, 4.69) is 14.9 Å². The Labute approximate surface area is 144 Å². The Morgan fingerprint density at radius 1 is 1.04 bits per heavy atom. The number of primary amides is 1. The van der Waals surface area contributed by atoms with E-state index in [1.165, 1.54) is 11.3 Å². The molecule has 0 aliphatic carbocycles. The third-order valence-corrected chi connectivity index (χ3v) is 4.62. The SMILES string of the molecule is NC(=O)C(c1cccs1)N(Cc1ccncc1)Cc1cccnc1. The van der Waals surface area contributed by atoms with Crippen LogP contribution in [0.25, 0.3) is 0 Å². The largest absolute Gasteiger partial charge is 0.368 e. The van der Waals surface area contributed by atoms with Crippen LogP contribution in [-0.4, -0.2) is 20.8 Å². The molecular weight excluding hydrogens is 320 g/mol. The molecule has 1 atom stereocenters. The summed E-state index contributed by atoms with van der Waals surface area (Å²) in [5.74, 6) is -0.351. The maximum Gasteiger partial charge on any atom is 0.240 e. The average Bonchev–Trinajstić information content (AvgIpc) is 3.10. The fraction of sp³-hybridized carbons (Fsp3) is 0.167. The minimum atomic E-state index is -0.474. The van der Waals surface area contributed by atoms with Gasteiger partial charge in [-0.05, 0) is 40.8 Å². The molecule has 0 saturated carbocycles. The van der Waals surface area contributed by atoms with Crippen LogP contribution in [0.4, 0.5) is 0 Å². The van der Waals surface area contributed by atoms with Crippen LogP contribution in [0.2, 0.25) is 0 Å². The van der Waals surface area contributed by atoms with Crippen molar-refractivity contribution in [3.05, 3.63) is 82.6 Å². The van der Waals surface area contributed by atoms with Crippen LogP contribution in [0.15, 0.2) is 66.6 Å². The second-order valence-electron chi connectivity index (χ2n) is 5.44. The lowest BCUT2D eigenvalue weighted by Crippen LogP contribution is -2.36. The zero-order valence-corrected chi connectivity index (χ0v) is 13.9. The van der Waals surface area contributed by atoms with Gasteiger partial charge in [-0.3, -0.25) is 19.7 Å². The standard InChI is InChI=1S/C18H18N4OS/c19-18(23)17(16-4-2-10-24-16)22(12-14-5-8-20-9-6-14)13-15-3-1-7-21-11-15/h1-11,17H,12-13H2,(H2,19,23). The highest BCUT2D eigenvalue weighted by atomic mass is 32.1. The topological polar surface area (TPSA) is 72.1 Å². The normalized spacial score (nSPS) is 12.2. The van der Waals surface area contributed by atoms with Crippen molar-refractivity contribution in [3.8, 4) is 0 Å². The molecule has 0 spiro atoms. The van der Waals surface area contributed by atoms with Crippen LogP contribution in [0.1, 0.15) is 22.0 Å². The van der Waals surface area contributed by atoms with Gasteiger partial charge in [0.1, 0.15) is 6.04 Å². The number of nitrogens with two attached hydrogens (primary N) is 1. The van der Waals surface area contributed by atoms with Gasteiger partial charge in [-0.15, -0.1) is 11.3 Å². The van der Waals surface area contributed by atoms with Crippen molar-refractivity contribution < 1.29 is 4.79 Å². The van der Waals surface area contributed by atoms with Gasteiger partial charge in [-0.2, -0.15) is 0 Å². The van der Waals surface area contributed by atoms with E-state index in [0.29, 0.717) is 13.1 Å². The molecule has 0 aliphatic heterocycles. The highest BCUT2D eigenvalue weighted by Gasteiger charge is 2.27. The monoisotopic (exact) mass is 338 g/mol. The molecule has 0 bridgehead atoms. The molecule has 24 heavy (non-hydrogen) atoms. The van der Waals surface area contributed by atoms with Crippen molar-refractivity contribution in [1.82, 2.24) is 14.9 Å². The Bertz CT molecular complexity index is 721. The number of nitrogens with zero attached hydrogens (tertiary/aromatic N) is 3. The van der Waals surface area contributed by atoms with Gasteiger partial charge in [0.15, 0.2) is 0 Å². The Morgan fingerprint density at radius 2 is 1.83 bits per heavy atom. The number of carbonyl (C=O) groups is 1. The first-order chi connectivity index (χ1) is 11.7. The van der Waals surface area contributed by atoms with Crippen molar-refractivity contribution in [2.45, 2.75) is 19.1 Å². The molecule has 0 saturated heterocycles. The van der Waals surface area contributed by atoms with Crippen molar-refractivity contribution >= 4 is 17.2 Å². The zero-order valence-electron chi connectivity index (χ0n) is 13.1. The summed E-state index contributed by atoms with van der Waals surface area (Å²) in [7, 11) is 0. The second-order valence-corrected chi connectivity index (χ2v) is 6.42. The van der Waals surface area contributed by atoms with E-state index in [1.54, 1.807) is 18.6 Å². The number of pyridine rings is 2. The summed E-state index contributed by atoms with van der Waals surface area (Å²) >= 11 is 1.54. The number of aromatic nitrogens is 2. The van der Waals surface area contributed by atoms with E-state index in [9.17, 15) is 4.79 Å². The number of carbonyl (C=O) groups excluding carboxylic acids is 1. The summed E-state index contributed by atoms with van der Waals surface area (Å²) in [6.45, 7) is 1.19. The molecule has 3 aromatic heterocycles. The van der Waals surface area contributed by atoms with Crippen molar-refractivity contribution in [2.75, 3.05) is 0 Å². The zero-order chi connectivity index (χ0) is 16.8. The predicted octanol–water partition coefficient (Wildman–Crippen LogP) is 2.77. The molecule has 0 fully saturated rings. The lowest BCUT2D eigenvalue weighted by molar-refractivity contribution is -0.123. The molecule has 0 aromatic carbocycles. The molecule has 6 heteroatoms. The lowest BCUT2D eigenvalue weighted by Gasteiger charge is -2.29. The molecule has 3 rings (SSSR count). The molecule has 0 radical (unpaired) electrons. The van der Waals surface area contributed by atoms with E-state index in [0.717, 1.165) is 16.0 Å². The summed E-state index contributed by atoms with van der Waals surface area (Å²) in [6, 6.07) is 11.2. The van der Waals surface area contributed by atoms with Crippen molar-refractivity contribution in [1.29, 1.82) is 0 Å². The van der Waals surface area contributed by atoms with Crippen LogP contribution in [-0.2, 0) is 17.9 Å². The molecule has 0 aliphatic rings. The maximum absolute atomic E-state index is 12.2. The quantitative estimate of drug-likeness (QED) is 0.719. The first-order valence-corrected chi connectivity index (χ1v) is 8.46. The molecule has 5 nitrogen and oxygen atoms in total. The van der Waals surface area contributed by atoms with Gasteiger partial charge in [0.2, 0.25) is 5.91 Å². The predicted molar refractivity (Wildman–Crippen MR) is 94.0 cm³/mol. The molecule has 3 aromatic rings. The van der Waals surface area contributed by atoms with Crippen LogP contribution in [0, 0.1) is 0 Å². The van der Waals surface area contributed by atoms with Crippen molar-refractivity contribution in [3.63, 3.8) is 0 Å². The smallest absolute Gasteiger partial charge is 0.240 e. The van der Waals surface area contributed by atoms with Crippen LogP contribution < -0.4 is 5.73 Å². The van der Waals surface area contributed by atoms with E-state index in [1.807, 2.05) is 48.0 Å². The first kappa shape index (κ1) is 16.3. The Kier molecular flexibility index (Phi) is 5.30. The first-order valence-electron chi connectivity index (χ1n) is 7.58. The molecule has 122 valence electrons.